The van der Waals surface area contributed by atoms with Crippen LogP contribution < -0.4 is 5.32 Å². The molecule has 1 saturated heterocycles. The summed E-state index contributed by atoms with van der Waals surface area (Å²) in [4.78, 5) is 6.66. The van der Waals surface area contributed by atoms with Gasteiger partial charge in [-0.05, 0) is 68.7 Å². The van der Waals surface area contributed by atoms with E-state index in [-0.39, 0.29) is 5.82 Å². The van der Waals surface area contributed by atoms with Gasteiger partial charge in [-0.15, -0.1) is 0 Å². The highest BCUT2D eigenvalue weighted by atomic mass is 19.1. The molecule has 122 valence electrons. The molecule has 2 aromatic rings. The smallest absolute Gasteiger partial charge is 0.126 e. The first kappa shape index (κ1) is 16.1. The molecule has 3 rings (SSSR count). The summed E-state index contributed by atoms with van der Waals surface area (Å²) < 4.78 is 13.6. The summed E-state index contributed by atoms with van der Waals surface area (Å²) in [5, 5.41) is 3.51. The molecule has 23 heavy (non-hydrogen) atoms. The lowest BCUT2D eigenvalue weighted by Gasteiger charge is -2.25. The van der Waals surface area contributed by atoms with E-state index in [9.17, 15) is 4.39 Å². The minimum Gasteiger partial charge on any atom is -0.316 e. The van der Waals surface area contributed by atoms with Crippen LogP contribution in [0.5, 0.6) is 0 Å². The Hall–Kier alpha value is -1.78. The zero-order chi connectivity index (χ0) is 16.1. The van der Waals surface area contributed by atoms with Gasteiger partial charge in [-0.1, -0.05) is 24.3 Å². The van der Waals surface area contributed by atoms with Crippen LogP contribution >= 0.6 is 0 Å². The second-order valence-electron chi connectivity index (χ2n) is 6.31. The van der Waals surface area contributed by atoms with Crippen LogP contribution in [0.15, 0.2) is 48.8 Å². The van der Waals surface area contributed by atoms with E-state index in [1.165, 1.54) is 18.1 Å². The Morgan fingerprint density at radius 2 is 2.13 bits per heavy atom. The maximum Gasteiger partial charge on any atom is 0.126 e. The van der Waals surface area contributed by atoms with E-state index < -0.39 is 0 Å². The van der Waals surface area contributed by atoms with Crippen molar-refractivity contribution in [2.45, 2.75) is 18.9 Å². The minimum absolute atomic E-state index is 0.108. The second-order valence-corrected chi connectivity index (χ2v) is 6.31. The normalized spacial score (nSPS) is 21.7. The highest BCUT2D eigenvalue weighted by Crippen LogP contribution is 2.35. The Labute approximate surface area is 137 Å². The average molecular weight is 313 g/mol. The molecular formula is C19H24FN3. The second kappa shape index (κ2) is 7.66. The Morgan fingerprint density at radius 3 is 2.91 bits per heavy atom. The van der Waals surface area contributed by atoms with Gasteiger partial charge in [0.25, 0.3) is 0 Å². The molecule has 1 aromatic heterocycles. The number of pyridine rings is 1. The van der Waals surface area contributed by atoms with Gasteiger partial charge in [0.1, 0.15) is 5.82 Å². The van der Waals surface area contributed by atoms with Crippen molar-refractivity contribution < 1.29 is 4.39 Å². The average Bonchev–Trinajstić information content (AvgIpc) is 2.94. The van der Waals surface area contributed by atoms with Crippen LogP contribution in [-0.2, 0) is 6.42 Å². The van der Waals surface area contributed by atoms with Gasteiger partial charge in [0, 0.05) is 18.4 Å². The summed E-state index contributed by atoms with van der Waals surface area (Å²) in [6.07, 6.45) is 5.70. The summed E-state index contributed by atoms with van der Waals surface area (Å²) in [7, 11) is 2.18. The quantitative estimate of drug-likeness (QED) is 0.831. The first-order chi connectivity index (χ1) is 11.3. The molecule has 3 nitrogen and oxygen atoms in total. The number of aromatic nitrogens is 1. The van der Waals surface area contributed by atoms with Crippen molar-refractivity contribution in [2.24, 2.45) is 5.92 Å². The highest BCUT2D eigenvalue weighted by molar-refractivity contribution is 5.18. The van der Waals surface area contributed by atoms with E-state index in [1.54, 1.807) is 6.07 Å². The number of nitrogens with zero attached hydrogens (tertiary/aromatic N) is 2. The van der Waals surface area contributed by atoms with Gasteiger partial charge in [-0.3, -0.25) is 9.88 Å². The fourth-order valence-electron chi connectivity index (χ4n) is 3.53. The molecule has 1 N–H and O–H groups in total. The molecule has 1 aliphatic heterocycles. The predicted octanol–water partition coefficient (Wildman–Crippen LogP) is 3.05. The maximum absolute atomic E-state index is 13.6. The lowest BCUT2D eigenvalue weighted by Crippen LogP contribution is -2.29. The van der Waals surface area contributed by atoms with Gasteiger partial charge >= 0.3 is 0 Å². The van der Waals surface area contributed by atoms with Gasteiger partial charge in [0.05, 0.1) is 0 Å². The summed E-state index contributed by atoms with van der Waals surface area (Å²) in [6, 6.07) is 11.6. The molecular weight excluding hydrogens is 289 g/mol. The van der Waals surface area contributed by atoms with E-state index in [0.717, 1.165) is 31.6 Å². The van der Waals surface area contributed by atoms with E-state index >= 15 is 0 Å². The van der Waals surface area contributed by atoms with Crippen LogP contribution in [-0.4, -0.2) is 36.6 Å². The van der Waals surface area contributed by atoms with Crippen LogP contribution in [0.4, 0.5) is 4.39 Å². The lowest BCUT2D eigenvalue weighted by atomic mass is 9.94. The third-order valence-electron chi connectivity index (χ3n) is 4.74. The van der Waals surface area contributed by atoms with Gasteiger partial charge in [-0.2, -0.15) is 0 Å². The molecule has 0 saturated carbocycles. The number of rotatable bonds is 6. The standard InChI is InChI=1S/C19H24FN3/c1-23-12-9-17(19(23)16-6-4-10-21-13-16)14-22-11-8-15-5-2-3-7-18(15)20/h2-7,10,13,17,19,22H,8-9,11-12,14H2,1H3/t17-,19-/m0/s1. The predicted molar refractivity (Wildman–Crippen MR) is 90.7 cm³/mol. The molecule has 2 heterocycles. The van der Waals surface area contributed by atoms with Gasteiger partial charge < -0.3 is 5.32 Å². The lowest BCUT2D eigenvalue weighted by molar-refractivity contribution is 0.272. The van der Waals surface area contributed by atoms with Crippen LogP contribution in [0.3, 0.4) is 0 Å². The number of nitrogens with one attached hydrogen (secondary N) is 1. The third kappa shape index (κ3) is 3.95. The van der Waals surface area contributed by atoms with E-state index in [4.69, 9.17) is 0 Å². The van der Waals surface area contributed by atoms with Crippen molar-refractivity contribution >= 4 is 0 Å². The molecule has 0 amide bonds. The highest BCUT2D eigenvalue weighted by Gasteiger charge is 2.32. The Kier molecular flexibility index (Phi) is 5.36. The molecule has 4 heteroatoms. The number of hydrogen-bond acceptors (Lipinski definition) is 3. The molecule has 2 atom stereocenters. The monoisotopic (exact) mass is 313 g/mol. The van der Waals surface area contributed by atoms with E-state index in [0.29, 0.717) is 12.0 Å². The topological polar surface area (TPSA) is 28.2 Å². The van der Waals surface area contributed by atoms with Crippen molar-refractivity contribution in [1.29, 1.82) is 0 Å². The molecule has 1 aliphatic rings. The molecule has 0 spiro atoms. The molecule has 0 bridgehead atoms. The summed E-state index contributed by atoms with van der Waals surface area (Å²) in [5.41, 5.74) is 2.07. The van der Waals surface area contributed by atoms with Crippen LogP contribution in [0.1, 0.15) is 23.6 Å². The largest absolute Gasteiger partial charge is 0.316 e. The van der Waals surface area contributed by atoms with Gasteiger partial charge in [-0.25, -0.2) is 4.39 Å². The molecule has 0 unspecified atom stereocenters. The Morgan fingerprint density at radius 1 is 1.26 bits per heavy atom. The van der Waals surface area contributed by atoms with Crippen molar-refractivity contribution in [1.82, 2.24) is 15.2 Å². The summed E-state index contributed by atoms with van der Waals surface area (Å²) in [5.74, 6) is 0.466. The first-order valence-corrected chi connectivity index (χ1v) is 8.30. The number of hydrogen-bond donors (Lipinski definition) is 1. The molecule has 1 aromatic carbocycles. The Bertz CT molecular complexity index is 617. The van der Waals surface area contributed by atoms with Gasteiger partial charge in [0.15, 0.2) is 0 Å². The SMILES string of the molecule is CN1CC[C@@H](CNCCc2ccccc2F)[C@@H]1c1cccnc1. The fourth-order valence-corrected chi connectivity index (χ4v) is 3.53. The van der Waals surface area contributed by atoms with Crippen molar-refractivity contribution in [2.75, 3.05) is 26.7 Å². The minimum atomic E-state index is -0.108. The fraction of sp³-hybridized carbons (Fsp3) is 0.421. The maximum atomic E-state index is 13.6. The van der Waals surface area contributed by atoms with E-state index in [2.05, 4.69) is 28.3 Å². The zero-order valence-electron chi connectivity index (χ0n) is 13.6. The van der Waals surface area contributed by atoms with Crippen LogP contribution in [0, 0.1) is 11.7 Å². The van der Waals surface area contributed by atoms with Crippen LogP contribution in [0.2, 0.25) is 0 Å². The van der Waals surface area contributed by atoms with Crippen molar-refractivity contribution in [3.8, 4) is 0 Å². The molecule has 0 radical (unpaired) electrons. The number of halogens is 1. The Balaban J connectivity index is 1.52. The number of benzene rings is 1. The summed E-state index contributed by atoms with van der Waals surface area (Å²) >= 11 is 0. The first-order valence-electron chi connectivity index (χ1n) is 8.30. The number of likely N-dealkylation sites (tertiary alicyclic amines) is 1. The third-order valence-corrected chi connectivity index (χ3v) is 4.74. The van der Waals surface area contributed by atoms with Crippen LogP contribution in [0.25, 0.3) is 0 Å². The van der Waals surface area contributed by atoms with Gasteiger partial charge in [0.2, 0.25) is 0 Å². The summed E-state index contributed by atoms with van der Waals surface area (Å²) in [6.45, 7) is 2.87. The molecule has 1 fully saturated rings. The zero-order valence-corrected chi connectivity index (χ0v) is 13.6. The van der Waals surface area contributed by atoms with E-state index in [1.807, 2.05) is 30.6 Å². The molecule has 0 aliphatic carbocycles. The van der Waals surface area contributed by atoms with Crippen molar-refractivity contribution in [3.05, 3.63) is 65.7 Å². The van der Waals surface area contributed by atoms with Crippen molar-refractivity contribution in [3.63, 3.8) is 0 Å².